The first-order valence-corrected chi connectivity index (χ1v) is 9.05. The van der Waals surface area contributed by atoms with Crippen LogP contribution >= 0.6 is 11.8 Å². The van der Waals surface area contributed by atoms with Crippen LogP contribution in [0.25, 0.3) is 0 Å². The molecular weight excluding hydrogens is 288 g/mol. The fourth-order valence-electron chi connectivity index (χ4n) is 3.15. The normalized spacial score (nSPS) is 24.0. The van der Waals surface area contributed by atoms with Gasteiger partial charge in [0.15, 0.2) is 0 Å². The molecule has 2 aliphatic heterocycles. The minimum absolute atomic E-state index is 0.135. The third-order valence-electron chi connectivity index (χ3n) is 4.37. The zero-order chi connectivity index (χ0) is 15.1. The lowest BCUT2D eigenvalue weighted by atomic mass is 9.98. The monoisotopic (exact) mass is 314 g/mol. The van der Waals surface area contributed by atoms with E-state index in [0.29, 0.717) is 17.4 Å². The number of amides is 1. The maximum Gasteiger partial charge on any atom is 0.303 e. The van der Waals surface area contributed by atoms with Crippen LogP contribution < -0.4 is 5.32 Å². The van der Waals surface area contributed by atoms with Crippen LogP contribution in [0, 0.1) is 0 Å². The maximum atomic E-state index is 12.4. The van der Waals surface area contributed by atoms with Crippen molar-refractivity contribution in [2.75, 3.05) is 25.4 Å². The van der Waals surface area contributed by atoms with E-state index in [9.17, 15) is 9.59 Å². The zero-order valence-electron chi connectivity index (χ0n) is 12.6. The lowest BCUT2D eigenvalue weighted by Gasteiger charge is -2.36. The smallest absolute Gasteiger partial charge is 0.303 e. The number of rotatable bonds is 6. The van der Waals surface area contributed by atoms with Crippen molar-refractivity contribution in [3.8, 4) is 0 Å². The number of piperidine rings is 2. The van der Waals surface area contributed by atoms with Gasteiger partial charge in [-0.05, 0) is 51.6 Å². The number of carboxylic acids is 1. The summed E-state index contributed by atoms with van der Waals surface area (Å²) in [6, 6.07) is 0.135. The van der Waals surface area contributed by atoms with Crippen molar-refractivity contribution in [2.45, 2.75) is 56.2 Å². The Balaban J connectivity index is 1.78. The van der Waals surface area contributed by atoms with Gasteiger partial charge in [-0.3, -0.25) is 9.59 Å². The standard InChI is InChI=1S/C15H26N2O3S/c18-14(11-21-13-6-8-16-9-7-13)17-10-2-1-3-12(17)4-5-15(19)20/h12-13,16H,1-11H2,(H,19,20). The second-order valence-corrected chi connectivity index (χ2v) is 7.22. The Hall–Kier alpha value is -0.750. The van der Waals surface area contributed by atoms with E-state index < -0.39 is 5.97 Å². The molecule has 0 aliphatic carbocycles. The number of carbonyl (C=O) groups excluding carboxylic acids is 1. The summed E-state index contributed by atoms with van der Waals surface area (Å²) in [5.41, 5.74) is 0. The van der Waals surface area contributed by atoms with Crippen molar-refractivity contribution in [1.82, 2.24) is 10.2 Å². The highest BCUT2D eigenvalue weighted by Gasteiger charge is 2.27. The number of carbonyl (C=O) groups is 2. The van der Waals surface area contributed by atoms with Gasteiger partial charge in [0.1, 0.15) is 0 Å². The van der Waals surface area contributed by atoms with Crippen LogP contribution in [0.1, 0.15) is 44.9 Å². The molecule has 0 aromatic carbocycles. The number of thioether (sulfide) groups is 1. The average Bonchev–Trinajstić information content (AvgIpc) is 2.52. The van der Waals surface area contributed by atoms with Gasteiger partial charge >= 0.3 is 5.97 Å². The van der Waals surface area contributed by atoms with Gasteiger partial charge in [0.2, 0.25) is 5.91 Å². The molecule has 2 rings (SSSR count). The fraction of sp³-hybridized carbons (Fsp3) is 0.867. The molecule has 0 saturated carbocycles. The number of nitrogens with one attached hydrogen (secondary N) is 1. The first kappa shape index (κ1) is 16.6. The molecule has 1 atom stereocenters. The average molecular weight is 314 g/mol. The molecule has 2 fully saturated rings. The summed E-state index contributed by atoms with van der Waals surface area (Å²) in [7, 11) is 0. The summed E-state index contributed by atoms with van der Waals surface area (Å²) in [6.45, 7) is 2.91. The number of hydrogen-bond donors (Lipinski definition) is 2. The second kappa shape index (κ2) is 8.63. The first-order valence-electron chi connectivity index (χ1n) is 8.00. The molecule has 1 amide bonds. The van der Waals surface area contributed by atoms with Gasteiger partial charge < -0.3 is 15.3 Å². The third-order valence-corrected chi connectivity index (χ3v) is 5.72. The molecule has 1 unspecified atom stereocenters. The summed E-state index contributed by atoms with van der Waals surface area (Å²) in [4.78, 5) is 25.1. The molecule has 2 heterocycles. The molecule has 0 aromatic rings. The SMILES string of the molecule is O=C(O)CCC1CCCCN1C(=O)CSC1CCNCC1. The highest BCUT2D eigenvalue weighted by Crippen LogP contribution is 2.24. The van der Waals surface area contributed by atoms with Gasteiger partial charge in [0.25, 0.3) is 0 Å². The van der Waals surface area contributed by atoms with Gasteiger partial charge in [0.05, 0.1) is 5.75 Å². The lowest BCUT2D eigenvalue weighted by molar-refractivity contribution is -0.139. The lowest BCUT2D eigenvalue weighted by Crippen LogP contribution is -2.45. The molecule has 0 bridgehead atoms. The number of carboxylic acid groups (broad SMARTS) is 1. The zero-order valence-corrected chi connectivity index (χ0v) is 13.4. The van der Waals surface area contributed by atoms with Gasteiger partial charge in [-0.25, -0.2) is 0 Å². The van der Waals surface area contributed by atoms with E-state index >= 15 is 0 Å². The molecule has 21 heavy (non-hydrogen) atoms. The van der Waals surface area contributed by atoms with E-state index in [0.717, 1.165) is 51.7 Å². The Morgan fingerprint density at radius 1 is 1.19 bits per heavy atom. The van der Waals surface area contributed by atoms with E-state index in [4.69, 9.17) is 5.11 Å². The van der Waals surface area contributed by atoms with Crippen LogP contribution in [0.5, 0.6) is 0 Å². The highest BCUT2D eigenvalue weighted by molar-refractivity contribution is 8.00. The first-order chi connectivity index (χ1) is 10.2. The van der Waals surface area contributed by atoms with Crippen LogP contribution in [0.4, 0.5) is 0 Å². The fourth-order valence-corrected chi connectivity index (χ4v) is 4.27. The van der Waals surface area contributed by atoms with Crippen LogP contribution in [0.2, 0.25) is 0 Å². The molecule has 5 nitrogen and oxygen atoms in total. The predicted molar refractivity (Wildman–Crippen MR) is 84.6 cm³/mol. The molecule has 6 heteroatoms. The Bertz CT molecular complexity index is 359. The molecule has 0 spiro atoms. The number of nitrogens with zero attached hydrogens (tertiary/aromatic N) is 1. The van der Waals surface area contributed by atoms with Gasteiger partial charge in [-0.2, -0.15) is 0 Å². The van der Waals surface area contributed by atoms with Crippen molar-refractivity contribution in [3.05, 3.63) is 0 Å². The van der Waals surface area contributed by atoms with Crippen molar-refractivity contribution < 1.29 is 14.7 Å². The van der Waals surface area contributed by atoms with E-state index in [2.05, 4.69) is 5.32 Å². The van der Waals surface area contributed by atoms with Crippen LogP contribution in [0.3, 0.4) is 0 Å². The summed E-state index contributed by atoms with van der Waals surface area (Å²) in [5.74, 6) is -0.0144. The molecule has 2 saturated heterocycles. The maximum absolute atomic E-state index is 12.4. The Labute approximate surface area is 130 Å². The molecule has 0 aromatic heterocycles. The minimum atomic E-state index is -0.767. The number of aliphatic carboxylic acids is 1. The molecular formula is C15H26N2O3S. The second-order valence-electron chi connectivity index (χ2n) is 5.93. The summed E-state index contributed by atoms with van der Waals surface area (Å²) < 4.78 is 0. The molecule has 120 valence electrons. The van der Waals surface area contributed by atoms with Crippen molar-refractivity contribution in [1.29, 1.82) is 0 Å². The summed E-state index contributed by atoms with van der Waals surface area (Å²) >= 11 is 1.78. The van der Waals surface area contributed by atoms with E-state index in [1.807, 2.05) is 4.90 Å². The molecule has 2 aliphatic rings. The summed E-state index contributed by atoms with van der Waals surface area (Å²) in [6.07, 6.45) is 6.15. The Morgan fingerprint density at radius 3 is 2.67 bits per heavy atom. The number of hydrogen-bond acceptors (Lipinski definition) is 4. The van der Waals surface area contributed by atoms with Crippen LogP contribution in [-0.2, 0) is 9.59 Å². The summed E-state index contributed by atoms with van der Waals surface area (Å²) in [5, 5.41) is 12.8. The number of likely N-dealkylation sites (tertiary alicyclic amines) is 1. The van der Waals surface area contributed by atoms with E-state index in [1.54, 1.807) is 11.8 Å². The van der Waals surface area contributed by atoms with Gasteiger partial charge in [-0.1, -0.05) is 0 Å². The Kier molecular flexibility index (Phi) is 6.83. The molecule has 2 N–H and O–H groups in total. The van der Waals surface area contributed by atoms with E-state index in [1.165, 1.54) is 0 Å². The Morgan fingerprint density at radius 2 is 1.95 bits per heavy atom. The molecule has 0 radical (unpaired) electrons. The van der Waals surface area contributed by atoms with Gasteiger partial charge in [0, 0.05) is 24.3 Å². The van der Waals surface area contributed by atoms with Crippen molar-refractivity contribution >= 4 is 23.6 Å². The minimum Gasteiger partial charge on any atom is -0.481 e. The van der Waals surface area contributed by atoms with E-state index in [-0.39, 0.29) is 18.4 Å². The third kappa shape index (κ3) is 5.51. The predicted octanol–water partition coefficient (Wildman–Crippen LogP) is 1.72. The van der Waals surface area contributed by atoms with Crippen molar-refractivity contribution in [2.24, 2.45) is 0 Å². The van der Waals surface area contributed by atoms with Crippen LogP contribution in [0.15, 0.2) is 0 Å². The van der Waals surface area contributed by atoms with Crippen LogP contribution in [-0.4, -0.2) is 58.6 Å². The highest BCUT2D eigenvalue weighted by atomic mass is 32.2. The van der Waals surface area contributed by atoms with Gasteiger partial charge in [-0.15, -0.1) is 11.8 Å². The largest absolute Gasteiger partial charge is 0.481 e. The quantitative estimate of drug-likeness (QED) is 0.781. The topological polar surface area (TPSA) is 69.6 Å². The van der Waals surface area contributed by atoms with Crippen molar-refractivity contribution in [3.63, 3.8) is 0 Å².